The van der Waals surface area contributed by atoms with Crippen LogP contribution in [-0.4, -0.2) is 11.0 Å². The zero-order chi connectivity index (χ0) is 13.0. The molecule has 1 aliphatic carbocycles. The Morgan fingerprint density at radius 3 is 2.44 bits per heavy atom. The quantitative estimate of drug-likeness (QED) is 0.504. The van der Waals surface area contributed by atoms with E-state index in [1.807, 2.05) is 0 Å². The van der Waals surface area contributed by atoms with Gasteiger partial charge in [0.25, 0.3) is 5.69 Å². The van der Waals surface area contributed by atoms with Crippen LogP contribution < -0.4 is 5.32 Å². The standard InChI is InChI=1S/C13H17FN2O2/c14-12-9-11(16(17)18)7-8-13(12)15-10-5-3-1-2-4-6-10/h7-10,15H,1-6H2. The van der Waals surface area contributed by atoms with E-state index in [9.17, 15) is 14.5 Å². The minimum atomic E-state index is -0.585. The van der Waals surface area contributed by atoms with Crippen LogP contribution in [-0.2, 0) is 0 Å². The van der Waals surface area contributed by atoms with Crippen molar-refractivity contribution in [2.75, 3.05) is 5.32 Å². The second-order valence-corrected chi connectivity index (χ2v) is 4.75. The number of anilines is 1. The molecule has 0 aromatic heterocycles. The van der Waals surface area contributed by atoms with Crippen molar-refractivity contribution >= 4 is 11.4 Å². The molecule has 0 amide bonds. The van der Waals surface area contributed by atoms with Crippen LogP contribution in [0.3, 0.4) is 0 Å². The normalized spacial score (nSPS) is 17.2. The molecule has 1 aromatic rings. The molecule has 0 unspecified atom stereocenters. The third-order valence-corrected chi connectivity index (χ3v) is 3.38. The molecule has 1 saturated carbocycles. The maximum Gasteiger partial charge on any atom is 0.272 e. The summed E-state index contributed by atoms with van der Waals surface area (Å²) >= 11 is 0. The highest BCUT2D eigenvalue weighted by Crippen LogP contribution is 2.25. The van der Waals surface area contributed by atoms with E-state index in [4.69, 9.17) is 0 Å². The summed E-state index contributed by atoms with van der Waals surface area (Å²) in [4.78, 5) is 9.93. The molecule has 0 bridgehead atoms. The Bertz CT molecular complexity index is 429. The van der Waals surface area contributed by atoms with Gasteiger partial charge in [-0.15, -0.1) is 0 Å². The lowest BCUT2D eigenvalue weighted by Gasteiger charge is -2.17. The lowest BCUT2D eigenvalue weighted by Crippen LogP contribution is -2.19. The van der Waals surface area contributed by atoms with Crippen molar-refractivity contribution in [1.29, 1.82) is 0 Å². The van der Waals surface area contributed by atoms with Crippen molar-refractivity contribution in [3.05, 3.63) is 34.1 Å². The average molecular weight is 252 g/mol. The van der Waals surface area contributed by atoms with Gasteiger partial charge in [-0.1, -0.05) is 25.7 Å². The Balaban J connectivity index is 2.06. The first kappa shape index (κ1) is 12.8. The smallest absolute Gasteiger partial charge is 0.272 e. The number of hydrogen-bond donors (Lipinski definition) is 1. The largest absolute Gasteiger partial charge is 0.380 e. The Hall–Kier alpha value is -1.65. The summed E-state index contributed by atoms with van der Waals surface area (Å²) in [6.07, 6.45) is 6.87. The maximum atomic E-state index is 13.7. The third kappa shape index (κ3) is 3.18. The highest BCUT2D eigenvalue weighted by molar-refractivity contribution is 5.50. The molecule has 0 saturated heterocycles. The molecule has 0 aliphatic heterocycles. The van der Waals surface area contributed by atoms with Gasteiger partial charge in [-0.25, -0.2) is 4.39 Å². The molecule has 1 aliphatic rings. The van der Waals surface area contributed by atoms with E-state index < -0.39 is 10.7 Å². The lowest BCUT2D eigenvalue weighted by molar-refractivity contribution is -0.385. The zero-order valence-electron chi connectivity index (χ0n) is 10.2. The van der Waals surface area contributed by atoms with Gasteiger partial charge in [-0.2, -0.15) is 0 Å². The molecule has 1 aromatic carbocycles. The number of benzene rings is 1. The number of hydrogen-bond acceptors (Lipinski definition) is 3. The van der Waals surface area contributed by atoms with Gasteiger partial charge in [0.05, 0.1) is 16.7 Å². The number of nitrogens with one attached hydrogen (secondary N) is 1. The van der Waals surface area contributed by atoms with Crippen molar-refractivity contribution in [1.82, 2.24) is 0 Å². The van der Waals surface area contributed by atoms with E-state index in [1.165, 1.54) is 25.0 Å². The number of non-ortho nitro benzene ring substituents is 1. The van der Waals surface area contributed by atoms with Crippen LogP contribution in [0.4, 0.5) is 15.8 Å². The Morgan fingerprint density at radius 2 is 1.89 bits per heavy atom. The molecule has 5 heteroatoms. The number of nitro benzene ring substituents is 1. The molecule has 18 heavy (non-hydrogen) atoms. The van der Waals surface area contributed by atoms with E-state index in [2.05, 4.69) is 5.32 Å². The van der Waals surface area contributed by atoms with E-state index in [0.29, 0.717) is 5.69 Å². The lowest BCUT2D eigenvalue weighted by atomic mass is 10.1. The highest BCUT2D eigenvalue weighted by Gasteiger charge is 2.15. The first-order chi connectivity index (χ1) is 8.66. The molecule has 2 rings (SSSR count). The molecule has 1 fully saturated rings. The minimum absolute atomic E-state index is 0.209. The van der Waals surface area contributed by atoms with Gasteiger partial charge in [0, 0.05) is 12.1 Å². The average Bonchev–Trinajstić information content (AvgIpc) is 2.60. The third-order valence-electron chi connectivity index (χ3n) is 3.38. The topological polar surface area (TPSA) is 55.2 Å². The summed E-state index contributed by atoms with van der Waals surface area (Å²) in [5.41, 5.74) is 0.159. The van der Waals surface area contributed by atoms with Crippen molar-refractivity contribution in [2.45, 2.75) is 44.6 Å². The van der Waals surface area contributed by atoms with Gasteiger partial charge >= 0.3 is 0 Å². The monoisotopic (exact) mass is 252 g/mol. The van der Waals surface area contributed by atoms with E-state index in [-0.39, 0.29) is 11.7 Å². The second-order valence-electron chi connectivity index (χ2n) is 4.75. The van der Waals surface area contributed by atoms with Gasteiger partial charge in [0.1, 0.15) is 0 Å². The first-order valence-electron chi connectivity index (χ1n) is 6.37. The van der Waals surface area contributed by atoms with Crippen LogP contribution in [0.15, 0.2) is 18.2 Å². The van der Waals surface area contributed by atoms with Gasteiger partial charge in [-0.3, -0.25) is 10.1 Å². The molecule has 4 nitrogen and oxygen atoms in total. The Kier molecular flexibility index (Phi) is 4.12. The fourth-order valence-corrected chi connectivity index (χ4v) is 2.38. The minimum Gasteiger partial charge on any atom is -0.380 e. The number of halogens is 1. The maximum absolute atomic E-state index is 13.7. The first-order valence-corrected chi connectivity index (χ1v) is 6.37. The highest BCUT2D eigenvalue weighted by atomic mass is 19.1. The van der Waals surface area contributed by atoms with Gasteiger partial charge < -0.3 is 5.32 Å². The fourth-order valence-electron chi connectivity index (χ4n) is 2.38. The predicted octanol–water partition coefficient (Wildman–Crippen LogP) is 3.87. The molecule has 0 radical (unpaired) electrons. The summed E-state index contributed by atoms with van der Waals surface area (Å²) in [5, 5.41) is 13.7. The molecule has 0 heterocycles. The van der Waals surface area contributed by atoms with E-state index in [0.717, 1.165) is 31.7 Å². The van der Waals surface area contributed by atoms with Crippen LogP contribution in [0.2, 0.25) is 0 Å². The van der Waals surface area contributed by atoms with Gasteiger partial charge in [-0.05, 0) is 18.9 Å². The summed E-state index contributed by atoms with van der Waals surface area (Å²) in [7, 11) is 0. The van der Waals surface area contributed by atoms with Crippen molar-refractivity contribution in [3.63, 3.8) is 0 Å². The molecule has 1 N–H and O–H groups in total. The van der Waals surface area contributed by atoms with Crippen molar-refractivity contribution in [3.8, 4) is 0 Å². The Labute approximate surface area is 105 Å². The zero-order valence-corrected chi connectivity index (χ0v) is 10.2. The van der Waals surface area contributed by atoms with Gasteiger partial charge in [0.2, 0.25) is 0 Å². The number of nitro groups is 1. The molecular weight excluding hydrogens is 235 g/mol. The molecule has 0 spiro atoms. The SMILES string of the molecule is O=[N+]([O-])c1ccc(NC2CCCCCC2)c(F)c1. The predicted molar refractivity (Wildman–Crippen MR) is 68.2 cm³/mol. The number of nitrogens with zero attached hydrogens (tertiary/aromatic N) is 1. The van der Waals surface area contributed by atoms with Crippen LogP contribution in [0, 0.1) is 15.9 Å². The van der Waals surface area contributed by atoms with Crippen molar-refractivity contribution < 1.29 is 9.31 Å². The summed E-state index contributed by atoms with van der Waals surface area (Å²) < 4.78 is 13.7. The van der Waals surface area contributed by atoms with E-state index >= 15 is 0 Å². The van der Waals surface area contributed by atoms with Crippen LogP contribution in [0.25, 0.3) is 0 Å². The van der Waals surface area contributed by atoms with Crippen LogP contribution >= 0.6 is 0 Å². The summed E-state index contributed by atoms with van der Waals surface area (Å²) in [5.74, 6) is -0.548. The van der Waals surface area contributed by atoms with Crippen LogP contribution in [0.5, 0.6) is 0 Å². The second kappa shape index (κ2) is 5.80. The molecular formula is C13H17FN2O2. The molecule has 98 valence electrons. The van der Waals surface area contributed by atoms with Gasteiger partial charge in [0.15, 0.2) is 5.82 Å². The van der Waals surface area contributed by atoms with E-state index in [1.54, 1.807) is 0 Å². The fraction of sp³-hybridized carbons (Fsp3) is 0.538. The number of rotatable bonds is 3. The summed E-state index contributed by atoms with van der Waals surface area (Å²) in [6.45, 7) is 0. The Morgan fingerprint density at radius 1 is 1.22 bits per heavy atom. The van der Waals surface area contributed by atoms with Crippen molar-refractivity contribution in [2.24, 2.45) is 0 Å². The summed E-state index contributed by atoms with van der Waals surface area (Å²) in [6, 6.07) is 4.04. The van der Waals surface area contributed by atoms with Crippen LogP contribution in [0.1, 0.15) is 38.5 Å². The molecule has 0 atom stereocenters.